The van der Waals surface area contributed by atoms with Gasteiger partial charge in [-0.1, -0.05) is 49.5 Å². The molecule has 0 saturated carbocycles. The molecule has 0 aromatic heterocycles. The summed E-state index contributed by atoms with van der Waals surface area (Å²) in [6, 6.07) is 15.9. The van der Waals surface area contributed by atoms with Gasteiger partial charge in [0, 0.05) is 9.79 Å². The Morgan fingerprint density at radius 2 is 0.786 bits per heavy atom. The average Bonchev–Trinajstić information content (AvgIpc) is 2.21. The second-order valence-corrected chi connectivity index (χ2v) is 3.99. The third-order valence-electron chi connectivity index (χ3n) is 2.04. The van der Waals surface area contributed by atoms with E-state index in [1.807, 2.05) is 48.5 Å². The lowest BCUT2D eigenvalue weighted by atomic mass is 10.1. The van der Waals surface area contributed by atoms with Gasteiger partial charge in [-0.3, -0.25) is 0 Å². The quantitative estimate of drug-likeness (QED) is 0.660. The van der Waals surface area contributed by atoms with E-state index in [-0.39, 0.29) is 0 Å². The maximum atomic E-state index is 5.03. The molecular formula is C12H8S2. The minimum atomic E-state index is 0.869. The van der Waals surface area contributed by atoms with Gasteiger partial charge in [0.15, 0.2) is 0 Å². The normalized spacial score (nSPS) is 10.0. The van der Waals surface area contributed by atoms with Crippen molar-refractivity contribution in [2.75, 3.05) is 0 Å². The number of rotatable bonds is 1. The first kappa shape index (κ1) is 9.44. The fourth-order valence-corrected chi connectivity index (χ4v) is 1.57. The molecule has 0 saturated heterocycles. The molecule has 0 aliphatic heterocycles. The highest BCUT2D eigenvalue weighted by Gasteiger charge is 1.96. The first-order valence-corrected chi connectivity index (χ1v) is 5.12. The van der Waals surface area contributed by atoms with Crippen molar-refractivity contribution in [1.29, 1.82) is 0 Å². The van der Waals surface area contributed by atoms with Gasteiger partial charge in [0.2, 0.25) is 0 Å². The van der Waals surface area contributed by atoms with Crippen LogP contribution in [0.3, 0.4) is 0 Å². The Balaban J connectivity index is 2.40. The van der Waals surface area contributed by atoms with Crippen LogP contribution < -0.4 is 0 Å². The first-order chi connectivity index (χ1) is 6.75. The Bertz CT molecular complexity index is 372. The van der Waals surface area contributed by atoms with Gasteiger partial charge in [-0.2, -0.15) is 0 Å². The molecule has 14 heavy (non-hydrogen) atoms. The van der Waals surface area contributed by atoms with Crippen LogP contribution >= 0.6 is 25.3 Å². The molecule has 2 heteroatoms. The van der Waals surface area contributed by atoms with Crippen LogP contribution in [-0.4, -0.2) is 0 Å². The fraction of sp³-hybridized carbons (Fsp3) is 0. The van der Waals surface area contributed by atoms with Crippen LogP contribution in [0.4, 0.5) is 0 Å². The molecule has 0 heterocycles. The summed E-state index contributed by atoms with van der Waals surface area (Å²) in [6.45, 7) is 0. The van der Waals surface area contributed by atoms with Crippen LogP contribution in [0.2, 0.25) is 0 Å². The number of hydrogen-bond donors (Lipinski definition) is 0. The largest absolute Gasteiger partial charge is 0.0801 e. The van der Waals surface area contributed by atoms with Crippen molar-refractivity contribution in [2.24, 2.45) is 0 Å². The summed E-state index contributed by atoms with van der Waals surface area (Å²) in [5.41, 5.74) is 2.35. The molecule has 2 aromatic carbocycles. The Hall–Kier alpha value is -1.12. The summed E-state index contributed by atoms with van der Waals surface area (Å²) in [6.07, 6.45) is 0. The number of benzene rings is 2. The van der Waals surface area contributed by atoms with E-state index in [4.69, 9.17) is 25.3 Å². The van der Waals surface area contributed by atoms with E-state index in [2.05, 4.69) is 0 Å². The maximum absolute atomic E-state index is 5.03. The molecule has 0 amide bonds. The van der Waals surface area contributed by atoms with E-state index >= 15 is 0 Å². The van der Waals surface area contributed by atoms with Gasteiger partial charge in [0.1, 0.15) is 0 Å². The lowest BCUT2D eigenvalue weighted by molar-refractivity contribution is 1.44. The monoisotopic (exact) mass is 216 g/mol. The summed E-state index contributed by atoms with van der Waals surface area (Å²) in [5.74, 6) is 0. The molecule has 2 aromatic rings. The van der Waals surface area contributed by atoms with Gasteiger partial charge in [-0.15, -0.1) is 0 Å². The Morgan fingerprint density at radius 1 is 0.500 bits per heavy atom. The van der Waals surface area contributed by atoms with Crippen molar-refractivity contribution < 1.29 is 0 Å². The zero-order chi connectivity index (χ0) is 9.97. The smallest absolute Gasteiger partial charge is 0.0377 e. The lowest BCUT2D eigenvalue weighted by Gasteiger charge is -2.01. The molecule has 68 valence electrons. The van der Waals surface area contributed by atoms with Gasteiger partial charge in [-0.25, -0.2) is 0 Å². The molecule has 0 bridgehead atoms. The van der Waals surface area contributed by atoms with Crippen LogP contribution in [-0.2, 0) is 0 Å². The number of hydrogen-bond acceptors (Lipinski definition) is 0. The molecule has 0 aliphatic rings. The predicted molar refractivity (Wildman–Crippen MR) is 63.6 cm³/mol. The van der Waals surface area contributed by atoms with E-state index in [0.717, 1.165) is 9.79 Å². The topological polar surface area (TPSA) is 0 Å². The molecule has 0 fully saturated rings. The van der Waals surface area contributed by atoms with Gasteiger partial charge in [-0.05, 0) is 35.4 Å². The van der Waals surface area contributed by atoms with Gasteiger partial charge >= 0.3 is 0 Å². The van der Waals surface area contributed by atoms with Crippen molar-refractivity contribution in [3.05, 3.63) is 48.5 Å². The van der Waals surface area contributed by atoms with Crippen LogP contribution in [0.15, 0.2) is 58.3 Å². The highest BCUT2D eigenvalue weighted by molar-refractivity contribution is 7.80. The van der Waals surface area contributed by atoms with E-state index in [1.54, 1.807) is 0 Å². The van der Waals surface area contributed by atoms with Crippen LogP contribution in [0.25, 0.3) is 11.1 Å². The van der Waals surface area contributed by atoms with Crippen molar-refractivity contribution in [3.63, 3.8) is 0 Å². The van der Waals surface area contributed by atoms with Crippen LogP contribution in [0.1, 0.15) is 0 Å². The Labute approximate surface area is 94.8 Å². The SMILES string of the molecule is [S]c1ccc(-c2ccc([S])cc2)cc1. The van der Waals surface area contributed by atoms with E-state index in [9.17, 15) is 0 Å². The molecule has 0 aliphatic carbocycles. The summed E-state index contributed by atoms with van der Waals surface area (Å²) < 4.78 is 0. The maximum Gasteiger partial charge on any atom is 0.0377 e. The Morgan fingerprint density at radius 3 is 1.07 bits per heavy atom. The van der Waals surface area contributed by atoms with E-state index in [0.29, 0.717) is 0 Å². The lowest BCUT2D eigenvalue weighted by Crippen LogP contribution is -1.76. The molecule has 0 N–H and O–H groups in total. The van der Waals surface area contributed by atoms with Crippen LogP contribution in [0, 0.1) is 0 Å². The van der Waals surface area contributed by atoms with Gasteiger partial charge in [0.05, 0.1) is 0 Å². The van der Waals surface area contributed by atoms with Crippen molar-refractivity contribution in [2.45, 2.75) is 9.79 Å². The third kappa shape index (κ3) is 2.03. The summed E-state index contributed by atoms with van der Waals surface area (Å²) in [4.78, 5) is 1.74. The van der Waals surface area contributed by atoms with Crippen molar-refractivity contribution in [3.8, 4) is 11.1 Å². The van der Waals surface area contributed by atoms with E-state index < -0.39 is 0 Å². The molecular weight excluding hydrogens is 208 g/mol. The first-order valence-electron chi connectivity index (χ1n) is 4.30. The van der Waals surface area contributed by atoms with E-state index in [1.165, 1.54) is 11.1 Å². The van der Waals surface area contributed by atoms with Crippen LogP contribution in [0.5, 0.6) is 0 Å². The van der Waals surface area contributed by atoms with Crippen molar-refractivity contribution >= 4 is 25.3 Å². The zero-order valence-corrected chi connectivity index (χ0v) is 9.07. The third-order valence-corrected chi connectivity index (χ3v) is 2.59. The predicted octanol–water partition coefficient (Wildman–Crippen LogP) is 4.47. The molecule has 0 nitrogen and oxygen atoms in total. The average molecular weight is 216 g/mol. The fourth-order valence-electron chi connectivity index (χ4n) is 1.29. The van der Waals surface area contributed by atoms with Gasteiger partial charge < -0.3 is 0 Å². The minimum Gasteiger partial charge on any atom is -0.0801 e. The highest BCUT2D eigenvalue weighted by atomic mass is 32.1. The summed E-state index contributed by atoms with van der Waals surface area (Å²) in [7, 11) is 0. The molecule has 0 unspecified atom stereocenters. The molecule has 2 radical (unpaired) electrons. The second kappa shape index (κ2) is 3.95. The highest BCUT2D eigenvalue weighted by Crippen LogP contribution is 2.21. The summed E-state index contributed by atoms with van der Waals surface area (Å²) in [5, 5.41) is 0. The Kier molecular flexibility index (Phi) is 2.66. The zero-order valence-electron chi connectivity index (χ0n) is 7.44. The molecule has 2 rings (SSSR count). The molecule has 0 atom stereocenters. The standard InChI is InChI=1S/C12H8S2/c13-11-5-1-9(2-6-11)10-3-7-12(14)8-4-10/h1-8H. The minimum absolute atomic E-state index is 0.869. The van der Waals surface area contributed by atoms with Gasteiger partial charge in [0.25, 0.3) is 0 Å². The molecule has 0 spiro atoms. The second-order valence-electron chi connectivity index (χ2n) is 3.05. The summed E-state index contributed by atoms with van der Waals surface area (Å²) >= 11 is 10.1. The van der Waals surface area contributed by atoms with Crippen molar-refractivity contribution in [1.82, 2.24) is 0 Å².